The van der Waals surface area contributed by atoms with Crippen LogP contribution in [0.3, 0.4) is 0 Å². The van der Waals surface area contributed by atoms with Gasteiger partial charge in [0.2, 0.25) is 0 Å². The van der Waals surface area contributed by atoms with Gasteiger partial charge in [-0.3, -0.25) is 4.79 Å². The predicted octanol–water partition coefficient (Wildman–Crippen LogP) is 2.21. The second-order valence-electron chi connectivity index (χ2n) is 5.40. The van der Waals surface area contributed by atoms with Gasteiger partial charge in [0.05, 0.1) is 25.3 Å². The molecular weight excluding hydrogens is 338 g/mol. The Morgan fingerprint density at radius 1 is 1.33 bits per heavy atom. The molecule has 2 N–H and O–H groups in total. The maximum Gasteiger partial charge on any atom is 0.329 e. The zero-order valence-electron chi connectivity index (χ0n) is 13.9. The average Bonchev–Trinajstić information content (AvgIpc) is 2.51. The molecule has 0 aliphatic carbocycles. The molecule has 24 heavy (non-hydrogen) atoms. The van der Waals surface area contributed by atoms with Crippen molar-refractivity contribution in [3.8, 4) is 11.5 Å². The number of carboxylic acids is 1. The standard InChI is InChI=1S/C16H22ClNO6/c1-10(2)8-24-15-12(17)6-11(7-13(15)22-3)16(21)18-4-5-23-9-14(19)20/h6-7,10H,4-5,8-9H2,1-3H3,(H,18,21)(H,19,20). The molecule has 0 fully saturated rings. The van der Waals surface area contributed by atoms with Crippen LogP contribution in [0.1, 0.15) is 24.2 Å². The number of carbonyl (C=O) groups is 2. The minimum absolute atomic E-state index is 0.0957. The smallest absolute Gasteiger partial charge is 0.329 e. The number of carboxylic acid groups (broad SMARTS) is 1. The number of methoxy groups -OCH3 is 1. The van der Waals surface area contributed by atoms with Crippen LogP contribution in [0.25, 0.3) is 0 Å². The molecule has 8 heteroatoms. The number of hydrogen-bond acceptors (Lipinski definition) is 5. The van der Waals surface area contributed by atoms with Crippen molar-refractivity contribution in [1.29, 1.82) is 0 Å². The van der Waals surface area contributed by atoms with E-state index in [1.807, 2.05) is 13.8 Å². The third kappa shape index (κ3) is 6.64. The number of rotatable bonds is 10. The first-order valence-electron chi connectivity index (χ1n) is 7.43. The molecule has 0 aromatic heterocycles. The lowest BCUT2D eigenvalue weighted by Crippen LogP contribution is -2.28. The number of aliphatic carboxylic acids is 1. The van der Waals surface area contributed by atoms with Crippen LogP contribution in [0.5, 0.6) is 11.5 Å². The fourth-order valence-corrected chi connectivity index (χ4v) is 2.00. The van der Waals surface area contributed by atoms with Crippen molar-refractivity contribution in [2.45, 2.75) is 13.8 Å². The highest BCUT2D eigenvalue weighted by Crippen LogP contribution is 2.36. The minimum Gasteiger partial charge on any atom is -0.493 e. The fourth-order valence-electron chi connectivity index (χ4n) is 1.74. The Hall–Kier alpha value is -1.99. The normalized spacial score (nSPS) is 10.5. The zero-order chi connectivity index (χ0) is 18.1. The van der Waals surface area contributed by atoms with E-state index in [4.69, 9.17) is 30.9 Å². The first-order valence-corrected chi connectivity index (χ1v) is 7.81. The number of hydrogen-bond donors (Lipinski definition) is 2. The molecule has 0 aliphatic rings. The van der Waals surface area contributed by atoms with Crippen LogP contribution in [-0.4, -0.2) is 50.5 Å². The molecule has 0 bridgehead atoms. The Balaban J connectivity index is 2.69. The molecule has 0 unspecified atom stereocenters. The number of ether oxygens (including phenoxy) is 3. The van der Waals surface area contributed by atoms with E-state index in [0.29, 0.717) is 29.6 Å². The quantitative estimate of drug-likeness (QED) is 0.622. The molecule has 0 radical (unpaired) electrons. The van der Waals surface area contributed by atoms with Gasteiger partial charge >= 0.3 is 5.97 Å². The van der Waals surface area contributed by atoms with Crippen molar-refractivity contribution < 1.29 is 28.9 Å². The van der Waals surface area contributed by atoms with Crippen molar-refractivity contribution in [2.24, 2.45) is 5.92 Å². The molecular formula is C16H22ClNO6. The molecule has 1 amide bonds. The van der Waals surface area contributed by atoms with E-state index in [9.17, 15) is 9.59 Å². The molecule has 0 saturated carbocycles. The van der Waals surface area contributed by atoms with Crippen LogP contribution in [-0.2, 0) is 9.53 Å². The summed E-state index contributed by atoms with van der Waals surface area (Å²) in [5, 5.41) is 11.3. The molecule has 0 aliphatic heterocycles. The van der Waals surface area contributed by atoms with E-state index in [1.54, 1.807) is 0 Å². The van der Waals surface area contributed by atoms with Gasteiger partial charge in [0.15, 0.2) is 11.5 Å². The number of halogens is 1. The first-order chi connectivity index (χ1) is 11.3. The summed E-state index contributed by atoms with van der Waals surface area (Å²) in [5.74, 6) is -0.344. The van der Waals surface area contributed by atoms with Crippen LogP contribution in [0.15, 0.2) is 12.1 Å². The Bertz CT molecular complexity index is 576. The van der Waals surface area contributed by atoms with Crippen molar-refractivity contribution in [1.82, 2.24) is 5.32 Å². The van der Waals surface area contributed by atoms with Crippen molar-refractivity contribution >= 4 is 23.5 Å². The average molecular weight is 360 g/mol. The van der Waals surface area contributed by atoms with Gasteiger partial charge in [0.25, 0.3) is 5.91 Å². The number of carbonyl (C=O) groups excluding carboxylic acids is 1. The van der Waals surface area contributed by atoms with Gasteiger partial charge in [0.1, 0.15) is 6.61 Å². The first kappa shape index (κ1) is 20.1. The largest absolute Gasteiger partial charge is 0.493 e. The lowest BCUT2D eigenvalue weighted by molar-refractivity contribution is -0.142. The highest BCUT2D eigenvalue weighted by Gasteiger charge is 2.16. The molecule has 134 valence electrons. The fraction of sp³-hybridized carbons (Fsp3) is 0.500. The van der Waals surface area contributed by atoms with Crippen molar-refractivity contribution in [2.75, 3.05) is 33.5 Å². The highest BCUT2D eigenvalue weighted by atomic mass is 35.5. The van der Waals surface area contributed by atoms with Crippen LogP contribution < -0.4 is 14.8 Å². The van der Waals surface area contributed by atoms with E-state index >= 15 is 0 Å². The van der Waals surface area contributed by atoms with Gasteiger partial charge in [-0.05, 0) is 18.1 Å². The van der Waals surface area contributed by atoms with Gasteiger partial charge in [-0.25, -0.2) is 4.79 Å². The number of nitrogens with one attached hydrogen (secondary N) is 1. The molecule has 0 spiro atoms. The number of amides is 1. The summed E-state index contributed by atoms with van der Waals surface area (Å²) in [6, 6.07) is 3.03. The van der Waals surface area contributed by atoms with E-state index in [1.165, 1.54) is 19.2 Å². The third-order valence-corrected chi connectivity index (χ3v) is 3.09. The summed E-state index contributed by atoms with van der Waals surface area (Å²) in [6.07, 6.45) is 0. The van der Waals surface area contributed by atoms with Crippen molar-refractivity contribution in [3.63, 3.8) is 0 Å². The SMILES string of the molecule is COc1cc(C(=O)NCCOCC(=O)O)cc(Cl)c1OCC(C)C. The van der Waals surface area contributed by atoms with Gasteiger partial charge in [-0.15, -0.1) is 0 Å². The Morgan fingerprint density at radius 2 is 2.04 bits per heavy atom. The van der Waals surface area contributed by atoms with E-state index in [-0.39, 0.29) is 24.1 Å². The molecule has 0 heterocycles. The third-order valence-electron chi connectivity index (χ3n) is 2.81. The van der Waals surface area contributed by atoms with Crippen LogP contribution in [0.4, 0.5) is 0 Å². The molecule has 1 rings (SSSR count). The van der Waals surface area contributed by atoms with Crippen molar-refractivity contribution in [3.05, 3.63) is 22.7 Å². The summed E-state index contributed by atoms with van der Waals surface area (Å²) in [4.78, 5) is 22.4. The number of benzene rings is 1. The van der Waals surface area contributed by atoms with E-state index in [0.717, 1.165) is 0 Å². The van der Waals surface area contributed by atoms with Crippen LogP contribution in [0, 0.1) is 5.92 Å². The van der Waals surface area contributed by atoms with Gasteiger partial charge in [0, 0.05) is 12.1 Å². The molecule has 0 atom stereocenters. The maximum absolute atomic E-state index is 12.1. The second-order valence-corrected chi connectivity index (χ2v) is 5.80. The Kier molecular flexibility index (Phi) is 8.35. The monoisotopic (exact) mass is 359 g/mol. The minimum atomic E-state index is -1.06. The second kappa shape index (κ2) is 10.00. The Labute approximate surface area is 145 Å². The van der Waals surface area contributed by atoms with Gasteiger partial charge < -0.3 is 24.6 Å². The van der Waals surface area contributed by atoms with Gasteiger partial charge in [-0.2, -0.15) is 0 Å². The summed E-state index contributed by atoms with van der Waals surface area (Å²) < 4.78 is 15.7. The molecule has 7 nitrogen and oxygen atoms in total. The summed E-state index contributed by atoms with van der Waals surface area (Å²) in [7, 11) is 1.47. The molecule has 1 aromatic rings. The molecule has 0 saturated heterocycles. The van der Waals surface area contributed by atoms with E-state index in [2.05, 4.69) is 5.32 Å². The topological polar surface area (TPSA) is 94.1 Å². The lowest BCUT2D eigenvalue weighted by Gasteiger charge is -2.15. The molecule has 1 aromatic carbocycles. The van der Waals surface area contributed by atoms with Crippen LogP contribution in [0.2, 0.25) is 5.02 Å². The highest BCUT2D eigenvalue weighted by molar-refractivity contribution is 6.32. The predicted molar refractivity (Wildman–Crippen MR) is 89.1 cm³/mol. The Morgan fingerprint density at radius 3 is 2.62 bits per heavy atom. The zero-order valence-corrected chi connectivity index (χ0v) is 14.7. The summed E-state index contributed by atoms with van der Waals surface area (Å²) in [5.41, 5.74) is 0.312. The van der Waals surface area contributed by atoms with Crippen LogP contribution >= 0.6 is 11.6 Å². The lowest BCUT2D eigenvalue weighted by atomic mass is 10.2. The summed E-state index contributed by atoms with van der Waals surface area (Å²) in [6.45, 7) is 4.36. The maximum atomic E-state index is 12.1. The van der Waals surface area contributed by atoms with Gasteiger partial charge in [-0.1, -0.05) is 25.4 Å². The van der Waals surface area contributed by atoms with E-state index < -0.39 is 12.6 Å². The summed E-state index contributed by atoms with van der Waals surface area (Å²) >= 11 is 6.18.